The molecule has 17 heavy (non-hydrogen) atoms. The molecule has 0 saturated carbocycles. The fourth-order valence-corrected chi connectivity index (χ4v) is 2.04. The Bertz CT molecular complexity index is 262. The zero-order valence-corrected chi connectivity index (χ0v) is 11.0. The lowest BCUT2D eigenvalue weighted by atomic mass is 10.1. The molecule has 1 aliphatic rings. The molecule has 2 nitrogen and oxygen atoms in total. The lowest BCUT2D eigenvalue weighted by Gasteiger charge is -2.25. The lowest BCUT2D eigenvalue weighted by molar-refractivity contribution is -0.126. The molecule has 0 spiro atoms. The molecular weight excluding hydrogens is 210 g/mol. The number of nitrogens with zero attached hydrogens (tertiary/aromatic N) is 1. The van der Waals surface area contributed by atoms with Crippen molar-refractivity contribution < 1.29 is 4.79 Å². The lowest BCUT2D eigenvalue weighted by Crippen LogP contribution is -2.34. The number of carbonyl (C=O) groups excluding carboxylic acids is 1. The zero-order valence-electron chi connectivity index (χ0n) is 11.0. The minimum Gasteiger partial charge on any atom is -0.339 e. The number of amides is 1. The van der Waals surface area contributed by atoms with E-state index < -0.39 is 0 Å². The largest absolute Gasteiger partial charge is 0.339 e. The van der Waals surface area contributed by atoms with Crippen LogP contribution in [-0.4, -0.2) is 23.9 Å². The van der Waals surface area contributed by atoms with Crippen LogP contribution in [-0.2, 0) is 4.79 Å². The van der Waals surface area contributed by atoms with Crippen LogP contribution in [0.3, 0.4) is 0 Å². The monoisotopic (exact) mass is 235 g/mol. The first kappa shape index (κ1) is 14.0. The summed E-state index contributed by atoms with van der Waals surface area (Å²) < 4.78 is 0. The van der Waals surface area contributed by atoms with E-state index in [-0.39, 0.29) is 5.91 Å². The topological polar surface area (TPSA) is 20.3 Å². The van der Waals surface area contributed by atoms with Crippen LogP contribution in [0.15, 0.2) is 24.3 Å². The molecule has 0 atom stereocenters. The van der Waals surface area contributed by atoms with E-state index in [0.717, 1.165) is 32.4 Å². The molecule has 96 valence electrons. The number of likely N-dealkylation sites (tertiary alicyclic amines) is 1. The number of hydrogen-bond acceptors (Lipinski definition) is 1. The summed E-state index contributed by atoms with van der Waals surface area (Å²) >= 11 is 0. The maximum Gasteiger partial charge on any atom is 0.246 e. The molecule has 0 bridgehead atoms. The molecule has 0 aliphatic carbocycles. The Morgan fingerprint density at radius 2 is 1.88 bits per heavy atom. The Kier molecular flexibility index (Phi) is 7.44. The number of allylic oxidation sites excluding steroid dienone is 3. The Morgan fingerprint density at radius 1 is 1.12 bits per heavy atom. The number of unbranched alkanes of at least 4 members (excludes halogenated alkanes) is 3. The van der Waals surface area contributed by atoms with Gasteiger partial charge in [-0.15, -0.1) is 0 Å². The van der Waals surface area contributed by atoms with Crippen LogP contribution in [0.1, 0.15) is 51.9 Å². The second-order valence-electron chi connectivity index (χ2n) is 4.67. The van der Waals surface area contributed by atoms with E-state index in [0.29, 0.717) is 0 Å². The Labute approximate surface area is 105 Å². The van der Waals surface area contributed by atoms with Crippen molar-refractivity contribution in [3.63, 3.8) is 0 Å². The standard InChI is InChI=1S/C15H25NO/c1-2-3-4-5-6-7-9-12-15(17)16-13-10-8-11-14-16/h6-7,9,12H,2-5,8,10-11,13-14H2,1H3/b7-6+,12-9+. The molecule has 0 aromatic rings. The quantitative estimate of drug-likeness (QED) is 0.390. The summed E-state index contributed by atoms with van der Waals surface area (Å²) in [6.07, 6.45) is 16.2. The molecule has 2 heteroatoms. The van der Waals surface area contributed by atoms with Gasteiger partial charge in [0.25, 0.3) is 0 Å². The molecule has 0 radical (unpaired) electrons. The molecule has 1 fully saturated rings. The fraction of sp³-hybridized carbons (Fsp3) is 0.667. The van der Waals surface area contributed by atoms with Crippen LogP contribution < -0.4 is 0 Å². The number of rotatable bonds is 6. The van der Waals surface area contributed by atoms with Gasteiger partial charge in [0.05, 0.1) is 0 Å². The van der Waals surface area contributed by atoms with Crippen LogP contribution in [0.4, 0.5) is 0 Å². The minimum atomic E-state index is 0.169. The van der Waals surface area contributed by atoms with Gasteiger partial charge >= 0.3 is 0 Å². The highest BCUT2D eigenvalue weighted by molar-refractivity contribution is 5.87. The summed E-state index contributed by atoms with van der Waals surface area (Å²) in [6, 6.07) is 0. The third-order valence-corrected chi connectivity index (χ3v) is 3.13. The third kappa shape index (κ3) is 6.30. The third-order valence-electron chi connectivity index (χ3n) is 3.13. The van der Waals surface area contributed by atoms with Crippen LogP contribution in [0, 0.1) is 0 Å². The van der Waals surface area contributed by atoms with E-state index in [4.69, 9.17) is 0 Å². The molecule has 1 amide bonds. The van der Waals surface area contributed by atoms with Gasteiger partial charge in [0.2, 0.25) is 5.91 Å². The normalized spacial score (nSPS) is 17.1. The number of hydrogen-bond donors (Lipinski definition) is 0. The maximum atomic E-state index is 11.7. The van der Waals surface area contributed by atoms with E-state index in [1.807, 2.05) is 17.1 Å². The summed E-state index contributed by atoms with van der Waals surface area (Å²) in [5, 5.41) is 0. The Balaban J connectivity index is 2.16. The first-order valence-corrected chi connectivity index (χ1v) is 6.96. The predicted molar refractivity (Wildman–Crippen MR) is 72.9 cm³/mol. The fourth-order valence-electron chi connectivity index (χ4n) is 2.04. The van der Waals surface area contributed by atoms with Gasteiger partial charge in [0.1, 0.15) is 0 Å². The van der Waals surface area contributed by atoms with Gasteiger partial charge < -0.3 is 4.90 Å². The molecule has 1 saturated heterocycles. The van der Waals surface area contributed by atoms with Gasteiger partial charge in [0.15, 0.2) is 0 Å². The van der Waals surface area contributed by atoms with Crippen molar-refractivity contribution in [2.24, 2.45) is 0 Å². The SMILES string of the molecule is CCCCC/C=C/C=C/C(=O)N1CCCCC1. The predicted octanol–water partition coefficient (Wildman–Crippen LogP) is 3.69. The van der Waals surface area contributed by atoms with Crippen molar-refractivity contribution in [1.82, 2.24) is 4.90 Å². The molecule has 0 aromatic heterocycles. The first-order chi connectivity index (χ1) is 8.34. The first-order valence-electron chi connectivity index (χ1n) is 6.96. The van der Waals surface area contributed by atoms with Crippen molar-refractivity contribution in [3.8, 4) is 0 Å². The van der Waals surface area contributed by atoms with E-state index in [9.17, 15) is 4.79 Å². The van der Waals surface area contributed by atoms with Crippen molar-refractivity contribution >= 4 is 5.91 Å². The Morgan fingerprint density at radius 3 is 2.59 bits per heavy atom. The summed E-state index contributed by atoms with van der Waals surface area (Å²) in [4.78, 5) is 13.7. The van der Waals surface area contributed by atoms with Gasteiger partial charge in [-0.2, -0.15) is 0 Å². The van der Waals surface area contributed by atoms with Crippen LogP contribution in [0.2, 0.25) is 0 Å². The van der Waals surface area contributed by atoms with Crippen molar-refractivity contribution in [3.05, 3.63) is 24.3 Å². The van der Waals surface area contributed by atoms with Gasteiger partial charge in [-0.1, -0.05) is 38.0 Å². The molecule has 1 heterocycles. The molecule has 0 N–H and O–H groups in total. The van der Waals surface area contributed by atoms with E-state index in [2.05, 4.69) is 13.0 Å². The summed E-state index contributed by atoms with van der Waals surface area (Å²) in [5.41, 5.74) is 0. The van der Waals surface area contributed by atoms with Crippen molar-refractivity contribution in [2.75, 3.05) is 13.1 Å². The highest BCUT2D eigenvalue weighted by Crippen LogP contribution is 2.08. The van der Waals surface area contributed by atoms with E-state index >= 15 is 0 Å². The second kappa shape index (κ2) is 9.03. The second-order valence-corrected chi connectivity index (χ2v) is 4.67. The molecule has 1 rings (SSSR count). The van der Waals surface area contributed by atoms with Gasteiger partial charge in [-0.25, -0.2) is 0 Å². The summed E-state index contributed by atoms with van der Waals surface area (Å²) in [5.74, 6) is 0.169. The van der Waals surface area contributed by atoms with Gasteiger partial charge in [-0.05, 0) is 32.1 Å². The number of piperidine rings is 1. The van der Waals surface area contributed by atoms with Crippen molar-refractivity contribution in [2.45, 2.75) is 51.9 Å². The summed E-state index contributed by atoms with van der Waals surface area (Å²) in [7, 11) is 0. The highest BCUT2D eigenvalue weighted by Gasteiger charge is 2.12. The molecule has 0 unspecified atom stereocenters. The molecule has 1 aliphatic heterocycles. The highest BCUT2D eigenvalue weighted by atomic mass is 16.2. The molecule has 0 aromatic carbocycles. The van der Waals surface area contributed by atoms with Crippen LogP contribution >= 0.6 is 0 Å². The summed E-state index contributed by atoms with van der Waals surface area (Å²) in [6.45, 7) is 4.08. The van der Waals surface area contributed by atoms with Crippen LogP contribution in [0.5, 0.6) is 0 Å². The minimum absolute atomic E-state index is 0.169. The molecular formula is C15H25NO. The Hall–Kier alpha value is -1.05. The average Bonchev–Trinajstić information content (AvgIpc) is 2.38. The number of carbonyl (C=O) groups is 1. The van der Waals surface area contributed by atoms with Gasteiger partial charge in [0, 0.05) is 19.2 Å². The van der Waals surface area contributed by atoms with E-state index in [1.54, 1.807) is 6.08 Å². The van der Waals surface area contributed by atoms with Crippen molar-refractivity contribution in [1.29, 1.82) is 0 Å². The van der Waals surface area contributed by atoms with Gasteiger partial charge in [-0.3, -0.25) is 4.79 Å². The van der Waals surface area contributed by atoms with E-state index in [1.165, 1.54) is 25.7 Å². The maximum absolute atomic E-state index is 11.7. The average molecular weight is 235 g/mol. The zero-order chi connectivity index (χ0) is 12.3. The van der Waals surface area contributed by atoms with Crippen LogP contribution in [0.25, 0.3) is 0 Å². The smallest absolute Gasteiger partial charge is 0.246 e.